The number of nitrogens with one attached hydrogen (secondary N) is 1. The first kappa shape index (κ1) is 18.4. The van der Waals surface area contributed by atoms with Crippen molar-refractivity contribution in [2.45, 2.75) is 6.54 Å². The largest absolute Gasteiger partial charge is 0.493 e. The first-order chi connectivity index (χ1) is 11.5. The predicted octanol–water partition coefficient (Wildman–Crippen LogP) is 4.06. The van der Waals surface area contributed by atoms with Gasteiger partial charge >= 0.3 is 0 Å². The molecule has 0 aliphatic carbocycles. The van der Waals surface area contributed by atoms with E-state index in [0.29, 0.717) is 32.3 Å². The second kappa shape index (κ2) is 8.26. The molecule has 128 valence electrons. The maximum absolute atomic E-state index is 12.4. The van der Waals surface area contributed by atoms with E-state index in [1.54, 1.807) is 31.4 Å². The van der Waals surface area contributed by atoms with E-state index in [0.717, 1.165) is 5.56 Å². The van der Waals surface area contributed by atoms with Gasteiger partial charge in [-0.05, 0) is 46.3 Å². The molecule has 0 saturated heterocycles. The molecule has 2 aromatic rings. The normalized spacial score (nSPS) is 10.2. The van der Waals surface area contributed by atoms with E-state index < -0.39 is 0 Å². The molecular formula is C17H17BrClNO4. The SMILES string of the molecule is COc1ccc(CNC(=O)c2cc(Cl)ccc2Br)c(OC)c1OC. The third-order valence-corrected chi connectivity index (χ3v) is 4.32. The Morgan fingerprint density at radius 1 is 1.08 bits per heavy atom. The Hall–Kier alpha value is -1.92. The van der Waals surface area contributed by atoms with Crippen LogP contribution < -0.4 is 19.5 Å². The van der Waals surface area contributed by atoms with Gasteiger partial charge in [0, 0.05) is 21.6 Å². The fraction of sp³-hybridized carbons (Fsp3) is 0.235. The molecule has 0 unspecified atom stereocenters. The van der Waals surface area contributed by atoms with Crippen molar-refractivity contribution in [3.05, 3.63) is 51.0 Å². The lowest BCUT2D eigenvalue weighted by Crippen LogP contribution is -2.23. The zero-order valence-electron chi connectivity index (χ0n) is 13.5. The molecule has 5 nitrogen and oxygen atoms in total. The van der Waals surface area contributed by atoms with Crippen molar-refractivity contribution in [3.63, 3.8) is 0 Å². The average molecular weight is 415 g/mol. The average Bonchev–Trinajstić information content (AvgIpc) is 2.60. The highest BCUT2D eigenvalue weighted by atomic mass is 79.9. The van der Waals surface area contributed by atoms with Crippen LogP contribution in [-0.4, -0.2) is 27.2 Å². The van der Waals surface area contributed by atoms with Gasteiger partial charge in [0.05, 0.1) is 26.9 Å². The third kappa shape index (κ3) is 3.94. The summed E-state index contributed by atoms with van der Waals surface area (Å²) >= 11 is 9.29. The van der Waals surface area contributed by atoms with Crippen LogP contribution in [0.1, 0.15) is 15.9 Å². The Labute approximate surface area is 154 Å². The van der Waals surface area contributed by atoms with E-state index in [-0.39, 0.29) is 12.5 Å². The topological polar surface area (TPSA) is 56.8 Å². The van der Waals surface area contributed by atoms with Crippen LogP contribution in [0.25, 0.3) is 0 Å². The Morgan fingerprint density at radius 2 is 1.79 bits per heavy atom. The first-order valence-electron chi connectivity index (χ1n) is 7.03. The van der Waals surface area contributed by atoms with Crippen molar-refractivity contribution in [3.8, 4) is 17.2 Å². The zero-order valence-corrected chi connectivity index (χ0v) is 15.8. The summed E-state index contributed by atoms with van der Waals surface area (Å²) in [6.45, 7) is 0.265. The molecule has 0 aliphatic rings. The predicted molar refractivity (Wildman–Crippen MR) is 96.4 cm³/mol. The van der Waals surface area contributed by atoms with Gasteiger partial charge in [0.25, 0.3) is 5.91 Å². The van der Waals surface area contributed by atoms with Gasteiger partial charge in [-0.15, -0.1) is 0 Å². The molecule has 0 saturated carbocycles. The Morgan fingerprint density at radius 3 is 2.42 bits per heavy atom. The quantitative estimate of drug-likeness (QED) is 0.774. The van der Waals surface area contributed by atoms with Crippen molar-refractivity contribution >= 4 is 33.4 Å². The molecule has 0 heterocycles. The summed E-state index contributed by atoms with van der Waals surface area (Å²) in [5.41, 5.74) is 1.23. The first-order valence-corrected chi connectivity index (χ1v) is 8.20. The molecule has 0 bridgehead atoms. The number of amides is 1. The third-order valence-electron chi connectivity index (χ3n) is 3.40. The van der Waals surface area contributed by atoms with Crippen LogP contribution in [0.2, 0.25) is 5.02 Å². The van der Waals surface area contributed by atoms with Crippen LogP contribution in [0.3, 0.4) is 0 Å². The van der Waals surface area contributed by atoms with Gasteiger partial charge in [-0.1, -0.05) is 11.6 Å². The standard InChI is InChI=1S/C17H17BrClNO4/c1-22-14-7-4-10(15(23-2)16(14)24-3)9-20-17(21)12-8-11(19)5-6-13(12)18/h4-8H,9H2,1-3H3,(H,20,21). The monoisotopic (exact) mass is 413 g/mol. The van der Waals surface area contributed by atoms with Crippen molar-refractivity contribution in [2.75, 3.05) is 21.3 Å². The fourth-order valence-corrected chi connectivity index (χ4v) is 2.84. The number of hydrogen-bond donors (Lipinski definition) is 1. The molecule has 0 radical (unpaired) electrons. The Balaban J connectivity index is 2.23. The number of carbonyl (C=O) groups excluding carboxylic acids is 1. The van der Waals surface area contributed by atoms with Gasteiger partial charge in [0.2, 0.25) is 5.75 Å². The van der Waals surface area contributed by atoms with Crippen LogP contribution in [0.15, 0.2) is 34.8 Å². The molecule has 0 fully saturated rings. The van der Waals surface area contributed by atoms with Gasteiger partial charge in [-0.2, -0.15) is 0 Å². The van der Waals surface area contributed by atoms with E-state index in [1.165, 1.54) is 14.2 Å². The van der Waals surface area contributed by atoms with E-state index in [2.05, 4.69) is 21.2 Å². The number of rotatable bonds is 6. The molecule has 24 heavy (non-hydrogen) atoms. The fourth-order valence-electron chi connectivity index (χ4n) is 2.24. The molecule has 0 aliphatic heterocycles. The lowest BCUT2D eigenvalue weighted by Gasteiger charge is -2.16. The minimum Gasteiger partial charge on any atom is -0.493 e. The molecule has 1 amide bonds. The minimum absolute atomic E-state index is 0.249. The van der Waals surface area contributed by atoms with Gasteiger partial charge < -0.3 is 19.5 Å². The highest BCUT2D eigenvalue weighted by Crippen LogP contribution is 2.39. The van der Waals surface area contributed by atoms with Gasteiger partial charge in [-0.25, -0.2) is 0 Å². The van der Waals surface area contributed by atoms with Crippen LogP contribution in [0.5, 0.6) is 17.2 Å². The van der Waals surface area contributed by atoms with Gasteiger partial charge in [0.15, 0.2) is 11.5 Å². The summed E-state index contributed by atoms with van der Waals surface area (Å²) in [6.07, 6.45) is 0. The van der Waals surface area contributed by atoms with Crippen molar-refractivity contribution in [2.24, 2.45) is 0 Å². The summed E-state index contributed by atoms with van der Waals surface area (Å²) < 4.78 is 16.7. The highest BCUT2D eigenvalue weighted by Gasteiger charge is 2.17. The van der Waals surface area contributed by atoms with Gasteiger partial charge in [-0.3, -0.25) is 4.79 Å². The van der Waals surface area contributed by atoms with Crippen LogP contribution in [-0.2, 0) is 6.54 Å². The van der Waals surface area contributed by atoms with Crippen molar-refractivity contribution in [1.82, 2.24) is 5.32 Å². The molecule has 2 rings (SSSR count). The van der Waals surface area contributed by atoms with E-state index >= 15 is 0 Å². The lowest BCUT2D eigenvalue weighted by molar-refractivity contribution is 0.0950. The van der Waals surface area contributed by atoms with Crippen molar-refractivity contribution < 1.29 is 19.0 Å². The highest BCUT2D eigenvalue weighted by molar-refractivity contribution is 9.10. The second-order valence-corrected chi connectivity index (χ2v) is 6.09. The Bertz CT molecular complexity index is 752. The summed E-state index contributed by atoms with van der Waals surface area (Å²) in [6, 6.07) is 8.62. The van der Waals surface area contributed by atoms with Crippen LogP contribution in [0.4, 0.5) is 0 Å². The molecule has 1 N–H and O–H groups in total. The second-order valence-electron chi connectivity index (χ2n) is 4.80. The maximum atomic E-state index is 12.4. The number of benzene rings is 2. The number of hydrogen-bond acceptors (Lipinski definition) is 4. The molecule has 0 atom stereocenters. The smallest absolute Gasteiger partial charge is 0.252 e. The molecule has 7 heteroatoms. The van der Waals surface area contributed by atoms with E-state index in [9.17, 15) is 4.79 Å². The molecular weight excluding hydrogens is 398 g/mol. The summed E-state index contributed by atoms with van der Waals surface area (Å²) in [5.74, 6) is 1.31. The van der Waals surface area contributed by atoms with Gasteiger partial charge in [0.1, 0.15) is 0 Å². The Kier molecular flexibility index (Phi) is 6.34. The van der Waals surface area contributed by atoms with Crippen LogP contribution in [0, 0.1) is 0 Å². The summed E-state index contributed by atoms with van der Waals surface area (Å²) in [5, 5.41) is 3.34. The molecule has 2 aromatic carbocycles. The number of halogens is 2. The number of ether oxygens (including phenoxy) is 3. The summed E-state index contributed by atoms with van der Waals surface area (Å²) in [7, 11) is 4.62. The maximum Gasteiger partial charge on any atom is 0.252 e. The van der Waals surface area contributed by atoms with Crippen molar-refractivity contribution in [1.29, 1.82) is 0 Å². The zero-order chi connectivity index (χ0) is 17.7. The molecule has 0 aromatic heterocycles. The van der Waals surface area contributed by atoms with Crippen LogP contribution >= 0.6 is 27.5 Å². The number of carbonyl (C=O) groups is 1. The lowest BCUT2D eigenvalue weighted by atomic mass is 10.1. The minimum atomic E-state index is -0.249. The molecule has 0 spiro atoms. The van der Waals surface area contributed by atoms with E-state index in [1.807, 2.05) is 6.07 Å². The van der Waals surface area contributed by atoms with E-state index in [4.69, 9.17) is 25.8 Å². The summed E-state index contributed by atoms with van der Waals surface area (Å²) in [4.78, 5) is 12.4. The number of methoxy groups -OCH3 is 3.